The molecule has 0 aliphatic carbocycles. The van der Waals surface area contributed by atoms with Gasteiger partial charge in [-0.05, 0) is 44.9 Å². The molecule has 21 heavy (non-hydrogen) atoms. The molecule has 0 aliphatic heterocycles. The maximum absolute atomic E-state index is 4.77. The van der Waals surface area contributed by atoms with Crippen LogP contribution in [0.5, 0.6) is 0 Å². The zero-order valence-electron chi connectivity index (χ0n) is 13.9. The van der Waals surface area contributed by atoms with Gasteiger partial charge in [0.15, 0.2) is 0 Å². The lowest BCUT2D eigenvalue weighted by Gasteiger charge is -2.17. The average Bonchev–Trinajstić information content (AvgIpc) is 2.74. The maximum Gasteiger partial charge on any atom is 0.0665 e. The van der Waals surface area contributed by atoms with E-state index in [-0.39, 0.29) is 0 Å². The van der Waals surface area contributed by atoms with Crippen LogP contribution in [-0.4, -0.2) is 16.3 Å². The van der Waals surface area contributed by atoms with E-state index < -0.39 is 0 Å². The molecule has 1 aromatic heterocycles. The van der Waals surface area contributed by atoms with Crippen molar-refractivity contribution in [2.45, 2.75) is 53.6 Å². The first-order chi connectivity index (χ1) is 10.1. The number of rotatable bonds is 6. The Morgan fingerprint density at radius 1 is 1.14 bits per heavy atom. The lowest BCUT2D eigenvalue weighted by Crippen LogP contribution is -2.21. The summed E-state index contributed by atoms with van der Waals surface area (Å²) in [6.45, 7) is 12.7. The molecule has 0 saturated heterocycles. The van der Waals surface area contributed by atoms with Gasteiger partial charge in [-0.2, -0.15) is 5.10 Å². The third-order valence-corrected chi connectivity index (χ3v) is 4.23. The van der Waals surface area contributed by atoms with Crippen molar-refractivity contribution in [2.75, 3.05) is 6.54 Å². The molecule has 0 radical (unpaired) electrons. The monoisotopic (exact) mass is 285 g/mol. The molecule has 0 aliphatic rings. The highest BCUT2D eigenvalue weighted by molar-refractivity contribution is 5.31. The summed E-state index contributed by atoms with van der Waals surface area (Å²) >= 11 is 0. The number of benzene rings is 1. The van der Waals surface area contributed by atoms with E-state index in [1.165, 1.54) is 22.4 Å². The maximum atomic E-state index is 4.77. The van der Waals surface area contributed by atoms with E-state index in [2.05, 4.69) is 68.9 Å². The smallest absolute Gasteiger partial charge is 0.0665 e. The standard InChI is InChI=1S/C18H27N3/c1-6-17(19-7-2)18-14(4)20-21(15(18)5)12-16-11-9-8-10-13(16)3/h8-11,17,19H,6-7,12H2,1-5H3. The van der Waals surface area contributed by atoms with E-state index >= 15 is 0 Å². The van der Waals surface area contributed by atoms with Gasteiger partial charge in [0, 0.05) is 17.3 Å². The second-order valence-electron chi connectivity index (χ2n) is 5.69. The van der Waals surface area contributed by atoms with Gasteiger partial charge in [-0.15, -0.1) is 0 Å². The van der Waals surface area contributed by atoms with Gasteiger partial charge >= 0.3 is 0 Å². The molecule has 0 bridgehead atoms. The van der Waals surface area contributed by atoms with Crippen LogP contribution in [0.25, 0.3) is 0 Å². The Kier molecular flexibility index (Phi) is 5.18. The minimum absolute atomic E-state index is 0.403. The second kappa shape index (κ2) is 6.90. The first kappa shape index (κ1) is 15.8. The number of hydrogen-bond acceptors (Lipinski definition) is 2. The summed E-state index contributed by atoms with van der Waals surface area (Å²) in [5.74, 6) is 0. The normalized spacial score (nSPS) is 12.6. The number of nitrogens with zero attached hydrogens (tertiary/aromatic N) is 2. The number of aryl methyl sites for hydroxylation is 2. The van der Waals surface area contributed by atoms with Crippen molar-refractivity contribution >= 4 is 0 Å². The van der Waals surface area contributed by atoms with Crippen molar-refractivity contribution in [1.82, 2.24) is 15.1 Å². The van der Waals surface area contributed by atoms with Crippen LogP contribution < -0.4 is 5.32 Å². The fourth-order valence-electron chi connectivity index (χ4n) is 3.01. The molecular weight excluding hydrogens is 258 g/mol. The average molecular weight is 285 g/mol. The molecule has 1 unspecified atom stereocenters. The molecule has 1 aromatic carbocycles. The summed E-state index contributed by atoms with van der Waals surface area (Å²) in [7, 11) is 0. The molecule has 0 spiro atoms. The van der Waals surface area contributed by atoms with Crippen molar-refractivity contribution in [3.63, 3.8) is 0 Å². The van der Waals surface area contributed by atoms with Gasteiger partial charge in [0.25, 0.3) is 0 Å². The summed E-state index contributed by atoms with van der Waals surface area (Å²) in [5, 5.41) is 8.34. The molecule has 1 atom stereocenters. The SMILES string of the molecule is CCNC(CC)c1c(C)nn(Cc2ccccc2C)c1C. The molecule has 2 rings (SSSR count). The van der Waals surface area contributed by atoms with Crippen LogP contribution in [-0.2, 0) is 6.54 Å². The predicted octanol–water partition coefficient (Wildman–Crippen LogP) is 3.92. The topological polar surface area (TPSA) is 29.9 Å². The van der Waals surface area contributed by atoms with E-state index in [9.17, 15) is 0 Å². The summed E-state index contributed by atoms with van der Waals surface area (Å²) in [6.07, 6.45) is 1.09. The molecule has 0 saturated carbocycles. The fourth-order valence-corrected chi connectivity index (χ4v) is 3.01. The van der Waals surface area contributed by atoms with Gasteiger partial charge in [-0.3, -0.25) is 4.68 Å². The highest BCUT2D eigenvalue weighted by Gasteiger charge is 2.19. The van der Waals surface area contributed by atoms with Crippen molar-refractivity contribution < 1.29 is 0 Å². The number of nitrogens with one attached hydrogen (secondary N) is 1. The minimum atomic E-state index is 0.403. The van der Waals surface area contributed by atoms with E-state index in [1.54, 1.807) is 0 Å². The molecule has 114 valence electrons. The third kappa shape index (κ3) is 3.35. The molecule has 0 fully saturated rings. The van der Waals surface area contributed by atoms with Gasteiger partial charge in [0.2, 0.25) is 0 Å². The van der Waals surface area contributed by atoms with Crippen molar-refractivity contribution in [3.05, 3.63) is 52.3 Å². The van der Waals surface area contributed by atoms with Crippen LogP contribution in [0.3, 0.4) is 0 Å². The molecule has 1 heterocycles. The summed E-state index contributed by atoms with van der Waals surface area (Å²) in [5.41, 5.74) is 6.46. The molecule has 1 N–H and O–H groups in total. The summed E-state index contributed by atoms with van der Waals surface area (Å²) in [6, 6.07) is 8.94. The van der Waals surface area contributed by atoms with Crippen LogP contribution in [0.1, 0.15) is 54.4 Å². The van der Waals surface area contributed by atoms with E-state index in [1.807, 2.05) is 0 Å². The lowest BCUT2D eigenvalue weighted by molar-refractivity contribution is 0.531. The lowest BCUT2D eigenvalue weighted by atomic mass is 10.0. The summed E-state index contributed by atoms with van der Waals surface area (Å²) < 4.78 is 2.15. The Balaban J connectivity index is 2.33. The van der Waals surface area contributed by atoms with E-state index in [0.717, 1.165) is 25.2 Å². The van der Waals surface area contributed by atoms with Crippen molar-refractivity contribution in [3.8, 4) is 0 Å². The largest absolute Gasteiger partial charge is 0.310 e. The Labute approximate surface area is 128 Å². The van der Waals surface area contributed by atoms with Crippen LogP contribution >= 0.6 is 0 Å². The first-order valence-corrected chi connectivity index (χ1v) is 7.90. The second-order valence-corrected chi connectivity index (χ2v) is 5.69. The highest BCUT2D eigenvalue weighted by atomic mass is 15.3. The zero-order chi connectivity index (χ0) is 15.4. The quantitative estimate of drug-likeness (QED) is 0.872. The van der Waals surface area contributed by atoms with E-state index in [0.29, 0.717) is 6.04 Å². The molecule has 0 amide bonds. The molecule has 3 heteroatoms. The van der Waals surface area contributed by atoms with Crippen LogP contribution in [0.2, 0.25) is 0 Å². The predicted molar refractivity (Wildman–Crippen MR) is 88.7 cm³/mol. The first-order valence-electron chi connectivity index (χ1n) is 7.90. The minimum Gasteiger partial charge on any atom is -0.310 e. The van der Waals surface area contributed by atoms with Crippen molar-refractivity contribution in [1.29, 1.82) is 0 Å². The van der Waals surface area contributed by atoms with E-state index in [4.69, 9.17) is 5.10 Å². The third-order valence-electron chi connectivity index (χ3n) is 4.23. The van der Waals surface area contributed by atoms with Crippen LogP contribution in [0.15, 0.2) is 24.3 Å². The number of aromatic nitrogens is 2. The van der Waals surface area contributed by atoms with Crippen LogP contribution in [0, 0.1) is 20.8 Å². The van der Waals surface area contributed by atoms with Gasteiger partial charge < -0.3 is 5.32 Å². The van der Waals surface area contributed by atoms with Gasteiger partial charge in [-0.1, -0.05) is 38.1 Å². The molecule has 2 aromatic rings. The number of hydrogen-bond donors (Lipinski definition) is 1. The summed E-state index contributed by atoms with van der Waals surface area (Å²) in [4.78, 5) is 0. The van der Waals surface area contributed by atoms with Gasteiger partial charge in [0.05, 0.1) is 12.2 Å². The molecular formula is C18H27N3. The highest BCUT2D eigenvalue weighted by Crippen LogP contribution is 2.25. The Morgan fingerprint density at radius 2 is 1.86 bits per heavy atom. The fraction of sp³-hybridized carbons (Fsp3) is 0.500. The molecule has 3 nitrogen and oxygen atoms in total. The Bertz CT molecular complexity index is 599. The Morgan fingerprint density at radius 3 is 2.48 bits per heavy atom. The zero-order valence-corrected chi connectivity index (χ0v) is 13.9. The van der Waals surface area contributed by atoms with Gasteiger partial charge in [0.1, 0.15) is 0 Å². The van der Waals surface area contributed by atoms with Gasteiger partial charge in [-0.25, -0.2) is 0 Å². The Hall–Kier alpha value is -1.61. The van der Waals surface area contributed by atoms with Crippen LogP contribution in [0.4, 0.5) is 0 Å². The van der Waals surface area contributed by atoms with Crippen molar-refractivity contribution in [2.24, 2.45) is 0 Å².